The summed E-state index contributed by atoms with van der Waals surface area (Å²) in [5.41, 5.74) is 2.27. The van der Waals surface area contributed by atoms with Gasteiger partial charge >= 0.3 is 6.18 Å². The second-order valence-corrected chi connectivity index (χ2v) is 4.37. The van der Waals surface area contributed by atoms with Gasteiger partial charge in [0.05, 0.1) is 0 Å². The molecule has 0 aromatic heterocycles. The van der Waals surface area contributed by atoms with Crippen molar-refractivity contribution in [2.24, 2.45) is 10.8 Å². The van der Waals surface area contributed by atoms with E-state index in [9.17, 15) is 13.2 Å². The molecule has 19 heavy (non-hydrogen) atoms. The van der Waals surface area contributed by atoms with Crippen LogP contribution >= 0.6 is 0 Å². The first-order valence-electron chi connectivity index (χ1n) is 6.40. The average Bonchev–Trinajstić information content (AvgIpc) is 3.14. The van der Waals surface area contributed by atoms with E-state index in [1.807, 2.05) is 6.92 Å². The summed E-state index contributed by atoms with van der Waals surface area (Å²) in [6.07, 6.45) is -2.11. The molecule has 0 radical (unpaired) electrons. The molecule has 1 saturated carbocycles. The molecule has 112 valence electrons. The van der Waals surface area contributed by atoms with Gasteiger partial charge in [0.15, 0.2) is 0 Å². The molecule has 0 aromatic carbocycles. The predicted molar refractivity (Wildman–Crippen MR) is 66.5 cm³/mol. The van der Waals surface area contributed by atoms with Gasteiger partial charge in [0.25, 0.3) is 0 Å². The number of rotatable bonds is 7. The normalized spacial score (nSPS) is 16.6. The van der Waals surface area contributed by atoms with Gasteiger partial charge in [-0.15, -0.1) is 0 Å². The quantitative estimate of drug-likeness (QED) is 0.243. The van der Waals surface area contributed by atoms with Crippen LogP contribution in [0.1, 0.15) is 26.2 Å². The number of hydrogen-bond acceptors (Lipinski definition) is 3. The number of aliphatic imine (C=N–C) groups is 1. The number of alkyl halides is 3. The maximum atomic E-state index is 12.5. The highest BCUT2D eigenvalue weighted by atomic mass is 19.4. The number of halogens is 3. The Morgan fingerprint density at radius 1 is 1.47 bits per heavy atom. The largest absolute Gasteiger partial charge is 0.406 e. The highest BCUT2D eigenvalue weighted by Gasteiger charge is 2.39. The molecule has 1 aliphatic carbocycles. The fraction of sp³-hybridized carbons (Fsp3) is 0.909. The van der Waals surface area contributed by atoms with Crippen molar-refractivity contribution in [1.82, 2.24) is 10.3 Å². The van der Waals surface area contributed by atoms with Gasteiger partial charge in [-0.1, -0.05) is 0 Å². The van der Waals surface area contributed by atoms with E-state index in [2.05, 4.69) is 10.4 Å². The fourth-order valence-corrected chi connectivity index (χ4v) is 1.67. The smallest absolute Gasteiger partial charge is 0.382 e. The van der Waals surface area contributed by atoms with Crippen LogP contribution in [0.15, 0.2) is 4.99 Å². The van der Waals surface area contributed by atoms with E-state index in [0.29, 0.717) is 26.2 Å². The van der Waals surface area contributed by atoms with Crippen LogP contribution in [0.25, 0.3) is 0 Å². The maximum absolute atomic E-state index is 12.5. The molecule has 3 N–H and O–H groups in total. The number of hydrogen-bond donors (Lipinski definition) is 2. The molecule has 0 heterocycles. The number of nitrogens with zero attached hydrogens (tertiary/aromatic N) is 2. The average molecular weight is 282 g/mol. The van der Waals surface area contributed by atoms with Crippen LogP contribution < -0.4 is 11.3 Å². The van der Waals surface area contributed by atoms with Gasteiger partial charge in [-0.2, -0.15) is 13.2 Å². The fourth-order valence-electron chi connectivity index (χ4n) is 1.67. The molecule has 0 bridgehead atoms. The lowest BCUT2D eigenvalue weighted by Crippen LogP contribution is -2.49. The van der Waals surface area contributed by atoms with Crippen LogP contribution in [0.3, 0.4) is 0 Å². The Balaban J connectivity index is 2.50. The summed E-state index contributed by atoms with van der Waals surface area (Å²) in [6, 6.07) is -0.108. The molecule has 0 spiro atoms. The maximum Gasteiger partial charge on any atom is 0.406 e. The topological polar surface area (TPSA) is 62.9 Å². The number of nitrogens with two attached hydrogens (primary N) is 1. The van der Waals surface area contributed by atoms with E-state index < -0.39 is 12.7 Å². The summed E-state index contributed by atoms with van der Waals surface area (Å²) in [5.74, 6) is 5.39. The molecule has 0 saturated heterocycles. The Labute approximate surface area is 111 Å². The molecule has 8 heteroatoms. The minimum absolute atomic E-state index is 0.108. The van der Waals surface area contributed by atoms with Gasteiger partial charge in [0.2, 0.25) is 5.96 Å². The zero-order valence-electron chi connectivity index (χ0n) is 11.0. The van der Waals surface area contributed by atoms with Gasteiger partial charge in [-0.25, -0.2) is 5.84 Å². The summed E-state index contributed by atoms with van der Waals surface area (Å²) in [6.45, 7) is 2.41. The van der Waals surface area contributed by atoms with Gasteiger partial charge in [-0.3, -0.25) is 10.4 Å². The predicted octanol–water partition coefficient (Wildman–Crippen LogP) is 1.26. The third kappa shape index (κ3) is 6.63. The molecule has 0 unspecified atom stereocenters. The van der Waals surface area contributed by atoms with E-state index in [0.717, 1.165) is 12.8 Å². The molecule has 5 nitrogen and oxygen atoms in total. The van der Waals surface area contributed by atoms with Crippen molar-refractivity contribution in [3.63, 3.8) is 0 Å². The standard InChI is InChI=1S/C11H21F3N4O/c1-2-19-7-3-6-16-10(17-15)18(9-4-5-9)8-11(12,13)14/h9H,2-8,15H2,1H3,(H,16,17). The number of guanidine groups is 1. The molecule has 0 aromatic rings. The third-order valence-electron chi connectivity index (χ3n) is 2.65. The van der Waals surface area contributed by atoms with Crippen LogP contribution in [0.5, 0.6) is 0 Å². The lowest BCUT2D eigenvalue weighted by Gasteiger charge is -2.26. The summed E-state index contributed by atoms with van der Waals surface area (Å²) in [4.78, 5) is 5.28. The van der Waals surface area contributed by atoms with Gasteiger partial charge in [-0.05, 0) is 26.2 Å². The van der Waals surface area contributed by atoms with E-state index in [-0.39, 0.29) is 12.0 Å². The Morgan fingerprint density at radius 3 is 2.63 bits per heavy atom. The molecule has 0 atom stereocenters. The molecular weight excluding hydrogens is 261 g/mol. The molecule has 1 fully saturated rings. The van der Waals surface area contributed by atoms with Crippen molar-refractivity contribution < 1.29 is 17.9 Å². The van der Waals surface area contributed by atoms with Crippen LogP contribution in [0.2, 0.25) is 0 Å². The number of nitrogens with one attached hydrogen (secondary N) is 1. The third-order valence-corrected chi connectivity index (χ3v) is 2.65. The Kier molecular flexibility index (Phi) is 6.36. The van der Waals surface area contributed by atoms with Crippen LogP contribution in [0, 0.1) is 0 Å². The lowest BCUT2D eigenvalue weighted by molar-refractivity contribution is -0.139. The summed E-state index contributed by atoms with van der Waals surface area (Å²) >= 11 is 0. The number of hydrazine groups is 1. The second kappa shape index (κ2) is 7.54. The summed E-state index contributed by atoms with van der Waals surface area (Å²) < 4.78 is 42.6. The van der Waals surface area contributed by atoms with Crippen LogP contribution in [0.4, 0.5) is 13.2 Å². The van der Waals surface area contributed by atoms with Crippen molar-refractivity contribution >= 4 is 5.96 Å². The van der Waals surface area contributed by atoms with Gasteiger partial charge < -0.3 is 9.64 Å². The molecule has 1 rings (SSSR count). The Hall–Kier alpha value is -1.02. The van der Waals surface area contributed by atoms with Crippen molar-refractivity contribution in [2.75, 3.05) is 26.3 Å². The zero-order chi connectivity index (χ0) is 14.3. The minimum Gasteiger partial charge on any atom is -0.382 e. The first kappa shape index (κ1) is 16.0. The zero-order valence-corrected chi connectivity index (χ0v) is 11.0. The minimum atomic E-state index is -4.26. The first-order chi connectivity index (χ1) is 8.98. The SMILES string of the molecule is CCOCCCN=C(NN)N(CC(F)(F)F)C1CC1. The second-order valence-electron chi connectivity index (χ2n) is 4.37. The van der Waals surface area contributed by atoms with Gasteiger partial charge in [0, 0.05) is 25.8 Å². The Morgan fingerprint density at radius 2 is 2.16 bits per heavy atom. The summed E-state index contributed by atoms with van der Waals surface area (Å²) in [7, 11) is 0. The van der Waals surface area contributed by atoms with Crippen molar-refractivity contribution in [2.45, 2.75) is 38.4 Å². The van der Waals surface area contributed by atoms with E-state index in [1.54, 1.807) is 0 Å². The van der Waals surface area contributed by atoms with E-state index in [1.165, 1.54) is 4.90 Å². The molecule has 1 aliphatic rings. The highest BCUT2D eigenvalue weighted by Crippen LogP contribution is 2.30. The van der Waals surface area contributed by atoms with Crippen LogP contribution in [-0.4, -0.2) is 49.4 Å². The number of ether oxygens (including phenoxy) is 1. The Bertz CT molecular complexity index is 292. The lowest BCUT2D eigenvalue weighted by atomic mass is 10.4. The van der Waals surface area contributed by atoms with Crippen molar-refractivity contribution in [3.8, 4) is 0 Å². The molecule has 0 amide bonds. The van der Waals surface area contributed by atoms with Crippen molar-refractivity contribution in [3.05, 3.63) is 0 Å². The van der Waals surface area contributed by atoms with E-state index >= 15 is 0 Å². The molecule has 0 aliphatic heterocycles. The first-order valence-corrected chi connectivity index (χ1v) is 6.40. The van der Waals surface area contributed by atoms with Gasteiger partial charge in [0.1, 0.15) is 6.54 Å². The van der Waals surface area contributed by atoms with E-state index in [4.69, 9.17) is 10.6 Å². The van der Waals surface area contributed by atoms with Crippen LogP contribution in [-0.2, 0) is 4.74 Å². The van der Waals surface area contributed by atoms with Crippen molar-refractivity contribution in [1.29, 1.82) is 0 Å². The monoisotopic (exact) mass is 282 g/mol. The molecular formula is C11H21F3N4O. The summed E-state index contributed by atoms with van der Waals surface area (Å²) in [5, 5.41) is 0. The highest BCUT2D eigenvalue weighted by molar-refractivity contribution is 5.80.